The molecule has 0 amide bonds. The molecule has 0 aliphatic carbocycles. The van der Waals surface area contributed by atoms with E-state index in [1.165, 1.54) is 0 Å². The van der Waals surface area contributed by atoms with Gasteiger partial charge in [-0.25, -0.2) is 0 Å². The van der Waals surface area contributed by atoms with Crippen LogP contribution >= 0.6 is 0 Å². The average molecular weight is 157 g/mol. The maximum atomic E-state index is 10.7. The first-order valence-corrected chi connectivity index (χ1v) is 4.22. The van der Waals surface area contributed by atoms with Crippen molar-refractivity contribution in [3.63, 3.8) is 0 Å². The van der Waals surface area contributed by atoms with Crippen molar-refractivity contribution in [1.29, 1.82) is 0 Å². The number of carbonyl (C=O) groups is 1. The molecule has 0 aromatic heterocycles. The first kappa shape index (κ1) is 8.53. The highest BCUT2D eigenvalue weighted by Crippen LogP contribution is 2.16. The fourth-order valence-electron chi connectivity index (χ4n) is 1.65. The van der Waals surface area contributed by atoms with Gasteiger partial charge in [0.2, 0.25) is 0 Å². The molecule has 1 heterocycles. The second-order valence-electron chi connectivity index (χ2n) is 2.98. The highest BCUT2D eigenvalue weighted by molar-refractivity contribution is 5.73. The lowest BCUT2D eigenvalue weighted by Gasteiger charge is -2.31. The third-order valence-corrected chi connectivity index (χ3v) is 2.30. The topological polar surface area (TPSA) is 40.5 Å². The van der Waals surface area contributed by atoms with Gasteiger partial charge in [0.05, 0.1) is 0 Å². The molecular weight excluding hydrogens is 142 g/mol. The van der Waals surface area contributed by atoms with Crippen LogP contribution in [0.3, 0.4) is 0 Å². The summed E-state index contributed by atoms with van der Waals surface area (Å²) in [7, 11) is 0. The minimum absolute atomic E-state index is 0.214. The largest absolute Gasteiger partial charge is 0.480 e. The maximum Gasteiger partial charge on any atom is 0.320 e. The van der Waals surface area contributed by atoms with E-state index in [9.17, 15) is 4.79 Å². The molecule has 1 atom stereocenters. The van der Waals surface area contributed by atoms with Crippen LogP contribution in [-0.2, 0) is 4.79 Å². The lowest BCUT2D eigenvalue weighted by Crippen LogP contribution is -2.44. The average Bonchev–Trinajstić information content (AvgIpc) is 2.04. The van der Waals surface area contributed by atoms with Gasteiger partial charge in [-0.3, -0.25) is 9.69 Å². The third-order valence-electron chi connectivity index (χ3n) is 2.30. The summed E-state index contributed by atoms with van der Waals surface area (Å²) in [5, 5.41) is 8.80. The maximum absolute atomic E-state index is 10.7. The summed E-state index contributed by atoms with van der Waals surface area (Å²) in [6, 6.07) is -0.214. The second-order valence-corrected chi connectivity index (χ2v) is 2.98. The van der Waals surface area contributed by atoms with Gasteiger partial charge in [-0.2, -0.15) is 0 Å². The van der Waals surface area contributed by atoms with Crippen LogP contribution in [0.5, 0.6) is 0 Å². The SMILES string of the molecule is CCN1CCCC[C@H]1C(=O)O. The molecule has 1 rings (SSSR count). The summed E-state index contributed by atoms with van der Waals surface area (Å²) < 4.78 is 0. The Morgan fingerprint density at radius 1 is 1.64 bits per heavy atom. The number of hydrogen-bond donors (Lipinski definition) is 1. The summed E-state index contributed by atoms with van der Waals surface area (Å²) in [6.07, 6.45) is 3.04. The summed E-state index contributed by atoms with van der Waals surface area (Å²) in [6.45, 7) is 3.83. The van der Waals surface area contributed by atoms with E-state index in [1.807, 2.05) is 11.8 Å². The van der Waals surface area contributed by atoms with Gasteiger partial charge in [0.1, 0.15) is 6.04 Å². The zero-order valence-corrected chi connectivity index (χ0v) is 6.92. The van der Waals surface area contributed by atoms with E-state index in [2.05, 4.69) is 0 Å². The van der Waals surface area contributed by atoms with E-state index >= 15 is 0 Å². The van der Waals surface area contributed by atoms with Crippen LogP contribution in [0.25, 0.3) is 0 Å². The van der Waals surface area contributed by atoms with Crippen LogP contribution in [0.15, 0.2) is 0 Å². The van der Waals surface area contributed by atoms with E-state index in [0.717, 1.165) is 32.4 Å². The Kier molecular flexibility index (Phi) is 2.88. The molecule has 1 aliphatic heterocycles. The molecule has 0 aromatic carbocycles. The molecule has 1 aliphatic rings. The van der Waals surface area contributed by atoms with Gasteiger partial charge in [-0.05, 0) is 25.9 Å². The molecule has 0 radical (unpaired) electrons. The smallest absolute Gasteiger partial charge is 0.320 e. The van der Waals surface area contributed by atoms with Gasteiger partial charge in [0.15, 0.2) is 0 Å². The summed E-state index contributed by atoms with van der Waals surface area (Å²) in [5.74, 6) is -0.661. The van der Waals surface area contributed by atoms with E-state index in [4.69, 9.17) is 5.11 Å². The van der Waals surface area contributed by atoms with Crippen LogP contribution in [0.1, 0.15) is 26.2 Å². The number of nitrogens with zero attached hydrogens (tertiary/aromatic N) is 1. The van der Waals surface area contributed by atoms with E-state index in [0.29, 0.717) is 0 Å². The number of rotatable bonds is 2. The Balaban J connectivity index is 2.51. The summed E-state index contributed by atoms with van der Waals surface area (Å²) >= 11 is 0. The fraction of sp³-hybridized carbons (Fsp3) is 0.875. The van der Waals surface area contributed by atoms with E-state index in [1.54, 1.807) is 0 Å². The number of carboxylic acid groups (broad SMARTS) is 1. The predicted octanol–water partition coefficient (Wildman–Crippen LogP) is 0.945. The zero-order chi connectivity index (χ0) is 8.27. The Morgan fingerprint density at radius 2 is 2.36 bits per heavy atom. The van der Waals surface area contributed by atoms with Gasteiger partial charge in [-0.1, -0.05) is 13.3 Å². The Morgan fingerprint density at radius 3 is 2.82 bits per heavy atom. The molecule has 0 aromatic rings. The van der Waals surface area contributed by atoms with E-state index < -0.39 is 5.97 Å². The molecule has 3 nitrogen and oxygen atoms in total. The molecule has 0 unspecified atom stereocenters. The molecule has 3 heteroatoms. The molecule has 0 saturated carbocycles. The minimum atomic E-state index is -0.661. The van der Waals surface area contributed by atoms with Crippen molar-refractivity contribution in [2.24, 2.45) is 0 Å². The summed E-state index contributed by atoms with van der Waals surface area (Å²) in [4.78, 5) is 12.7. The van der Waals surface area contributed by atoms with Crippen molar-refractivity contribution in [3.05, 3.63) is 0 Å². The van der Waals surface area contributed by atoms with Crippen molar-refractivity contribution in [2.75, 3.05) is 13.1 Å². The minimum Gasteiger partial charge on any atom is -0.480 e. The molecule has 1 saturated heterocycles. The zero-order valence-electron chi connectivity index (χ0n) is 6.92. The number of likely N-dealkylation sites (tertiary alicyclic amines) is 1. The number of piperidine rings is 1. The van der Waals surface area contributed by atoms with Crippen LogP contribution in [0, 0.1) is 0 Å². The molecule has 0 spiro atoms. The standard InChI is InChI=1S/C8H15NO2/c1-2-9-6-4-3-5-7(9)8(10)11/h7H,2-6H2,1H3,(H,10,11)/t7-/m0/s1. The number of likely N-dealkylation sites (N-methyl/N-ethyl adjacent to an activating group) is 1. The van der Waals surface area contributed by atoms with Gasteiger partial charge >= 0.3 is 5.97 Å². The normalized spacial score (nSPS) is 26.8. The van der Waals surface area contributed by atoms with Gasteiger partial charge in [0.25, 0.3) is 0 Å². The second kappa shape index (κ2) is 3.72. The van der Waals surface area contributed by atoms with Crippen molar-refractivity contribution in [1.82, 2.24) is 4.90 Å². The first-order valence-electron chi connectivity index (χ1n) is 4.22. The molecule has 0 bridgehead atoms. The molecule has 64 valence electrons. The number of carboxylic acids is 1. The van der Waals surface area contributed by atoms with Crippen LogP contribution in [-0.4, -0.2) is 35.1 Å². The van der Waals surface area contributed by atoms with Crippen molar-refractivity contribution in [2.45, 2.75) is 32.2 Å². The number of aliphatic carboxylic acids is 1. The quantitative estimate of drug-likeness (QED) is 0.648. The van der Waals surface area contributed by atoms with Crippen LogP contribution < -0.4 is 0 Å². The van der Waals surface area contributed by atoms with Crippen LogP contribution in [0.4, 0.5) is 0 Å². The van der Waals surface area contributed by atoms with Gasteiger partial charge < -0.3 is 5.11 Å². The highest BCUT2D eigenvalue weighted by atomic mass is 16.4. The lowest BCUT2D eigenvalue weighted by molar-refractivity contribution is -0.144. The monoisotopic (exact) mass is 157 g/mol. The Labute approximate surface area is 67.0 Å². The molecule has 1 N–H and O–H groups in total. The summed E-state index contributed by atoms with van der Waals surface area (Å²) in [5.41, 5.74) is 0. The van der Waals surface area contributed by atoms with Gasteiger partial charge in [0, 0.05) is 0 Å². The number of hydrogen-bond acceptors (Lipinski definition) is 2. The Hall–Kier alpha value is -0.570. The predicted molar refractivity (Wildman–Crippen MR) is 42.5 cm³/mol. The molecule has 11 heavy (non-hydrogen) atoms. The molecule has 1 fully saturated rings. The highest BCUT2D eigenvalue weighted by Gasteiger charge is 2.26. The van der Waals surface area contributed by atoms with Crippen molar-refractivity contribution >= 4 is 5.97 Å². The Bertz CT molecular complexity index is 147. The lowest BCUT2D eigenvalue weighted by atomic mass is 10.0. The van der Waals surface area contributed by atoms with Crippen molar-refractivity contribution in [3.8, 4) is 0 Å². The first-order chi connectivity index (χ1) is 5.25. The van der Waals surface area contributed by atoms with Crippen LogP contribution in [0.2, 0.25) is 0 Å². The molecular formula is C8H15NO2. The van der Waals surface area contributed by atoms with Crippen molar-refractivity contribution < 1.29 is 9.90 Å². The third kappa shape index (κ3) is 1.93. The van der Waals surface area contributed by atoms with Gasteiger partial charge in [-0.15, -0.1) is 0 Å². The van der Waals surface area contributed by atoms with E-state index in [-0.39, 0.29) is 6.04 Å². The fourth-order valence-corrected chi connectivity index (χ4v) is 1.65.